The first-order chi connectivity index (χ1) is 8.44. The molecule has 1 heterocycles. The molecule has 0 aliphatic rings. The number of hydrogen-bond donors (Lipinski definition) is 1. The number of amides is 1. The maximum atomic E-state index is 11.8. The largest absolute Gasteiger partial charge is 0.385 e. The molecule has 1 amide bonds. The van der Waals surface area contributed by atoms with Gasteiger partial charge in [-0.3, -0.25) is 9.78 Å². The van der Waals surface area contributed by atoms with Gasteiger partial charge in [-0.2, -0.15) is 0 Å². The molecule has 1 aromatic heterocycles. The van der Waals surface area contributed by atoms with Gasteiger partial charge < -0.3 is 10.1 Å². The number of nitrogens with one attached hydrogen (secondary N) is 1. The van der Waals surface area contributed by atoms with Crippen molar-refractivity contribution in [1.29, 1.82) is 0 Å². The number of hydrogen-bond acceptors (Lipinski definition) is 4. The summed E-state index contributed by atoms with van der Waals surface area (Å²) in [7, 11) is 1.66. The minimum atomic E-state index is -0.268. The summed E-state index contributed by atoms with van der Waals surface area (Å²) >= 11 is 5.68. The maximum absolute atomic E-state index is 11.8. The Morgan fingerprint density at radius 3 is 2.83 bits per heavy atom. The van der Waals surface area contributed by atoms with Crippen LogP contribution in [0.1, 0.15) is 30.8 Å². The molecule has 0 radical (unpaired) electrons. The number of ether oxygens (including phenoxy) is 1. The van der Waals surface area contributed by atoms with Crippen LogP contribution in [0.5, 0.6) is 0 Å². The summed E-state index contributed by atoms with van der Waals surface area (Å²) in [6.07, 6.45) is 3.65. The van der Waals surface area contributed by atoms with E-state index in [9.17, 15) is 4.79 Å². The standard InChI is InChI=1S/C12H18ClN3O2/c1-12(2,4-5-18-3)8-15-11(17)9-6-14-7-10(13)16-9/h6-7H,4-5,8H2,1-3H3,(H,15,17). The SMILES string of the molecule is COCCC(C)(C)CNC(=O)c1cncc(Cl)n1. The zero-order valence-electron chi connectivity index (χ0n) is 10.9. The summed E-state index contributed by atoms with van der Waals surface area (Å²) in [5, 5.41) is 3.03. The van der Waals surface area contributed by atoms with E-state index in [1.165, 1.54) is 12.4 Å². The summed E-state index contributed by atoms with van der Waals surface area (Å²) < 4.78 is 5.03. The van der Waals surface area contributed by atoms with Gasteiger partial charge in [-0.15, -0.1) is 0 Å². The molecule has 6 heteroatoms. The van der Waals surface area contributed by atoms with Crippen molar-refractivity contribution in [1.82, 2.24) is 15.3 Å². The molecule has 5 nitrogen and oxygen atoms in total. The van der Waals surface area contributed by atoms with Gasteiger partial charge in [0.15, 0.2) is 0 Å². The second kappa shape index (κ2) is 6.66. The number of carbonyl (C=O) groups excluding carboxylic acids is 1. The monoisotopic (exact) mass is 271 g/mol. The molecule has 0 spiro atoms. The molecule has 0 atom stereocenters. The van der Waals surface area contributed by atoms with Gasteiger partial charge in [0.25, 0.3) is 5.91 Å². The number of aromatic nitrogens is 2. The highest BCUT2D eigenvalue weighted by Crippen LogP contribution is 2.18. The Bertz CT molecular complexity index is 410. The number of rotatable bonds is 6. The predicted octanol–water partition coefficient (Wildman–Crippen LogP) is 1.92. The molecular weight excluding hydrogens is 254 g/mol. The molecule has 18 heavy (non-hydrogen) atoms. The van der Waals surface area contributed by atoms with Crippen molar-refractivity contribution in [3.8, 4) is 0 Å². The fourth-order valence-corrected chi connectivity index (χ4v) is 1.48. The Kier molecular flexibility index (Phi) is 5.50. The molecule has 1 aromatic rings. The van der Waals surface area contributed by atoms with E-state index in [2.05, 4.69) is 29.1 Å². The fourth-order valence-electron chi connectivity index (χ4n) is 1.33. The summed E-state index contributed by atoms with van der Waals surface area (Å²) in [6, 6.07) is 0. The second-order valence-electron chi connectivity index (χ2n) is 4.82. The highest BCUT2D eigenvalue weighted by molar-refractivity contribution is 6.29. The summed E-state index contributed by atoms with van der Waals surface area (Å²) in [4.78, 5) is 19.5. The third-order valence-corrected chi connectivity index (χ3v) is 2.73. The van der Waals surface area contributed by atoms with Gasteiger partial charge in [-0.1, -0.05) is 25.4 Å². The average Bonchev–Trinajstić information content (AvgIpc) is 2.34. The van der Waals surface area contributed by atoms with Crippen LogP contribution in [-0.2, 0) is 4.74 Å². The van der Waals surface area contributed by atoms with E-state index >= 15 is 0 Å². The van der Waals surface area contributed by atoms with Gasteiger partial charge in [-0.25, -0.2) is 4.98 Å². The number of halogens is 1. The van der Waals surface area contributed by atoms with Crippen molar-refractivity contribution in [2.45, 2.75) is 20.3 Å². The van der Waals surface area contributed by atoms with Crippen molar-refractivity contribution in [2.24, 2.45) is 5.41 Å². The minimum absolute atomic E-state index is 0.0301. The van der Waals surface area contributed by atoms with Crippen LogP contribution >= 0.6 is 11.6 Å². The first kappa shape index (κ1) is 14.9. The Labute approximate surface area is 112 Å². The number of methoxy groups -OCH3 is 1. The predicted molar refractivity (Wildman–Crippen MR) is 69.6 cm³/mol. The van der Waals surface area contributed by atoms with Crippen LogP contribution in [-0.4, -0.2) is 36.1 Å². The van der Waals surface area contributed by atoms with Crippen molar-refractivity contribution >= 4 is 17.5 Å². The van der Waals surface area contributed by atoms with Crippen LogP contribution < -0.4 is 5.32 Å². The lowest BCUT2D eigenvalue weighted by Gasteiger charge is -2.24. The maximum Gasteiger partial charge on any atom is 0.271 e. The second-order valence-corrected chi connectivity index (χ2v) is 5.20. The Balaban J connectivity index is 2.50. The normalized spacial score (nSPS) is 11.3. The van der Waals surface area contributed by atoms with E-state index in [4.69, 9.17) is 16.3 Å². The molecule has 0 aliphatic carbocycles. The molecule has 0 saturated carbocycles. The zero-order valence-corrected chi connectivity index (χ0v) is 11.6. The Morgan fingerprint density at radius 2 is 2.22 bits per heavy atom. The molecule has 0 bridgehead atoms. The summed E-state index contributed by atoms with van der Waals surface area (Å²) in [5.41, 5.74) is 0.197. The Morgan fingerprint density at radius 1 is 1.50 bits per heavy atom. The zero-order chi connectivity index (χ0) is 13.6. The molecular formula is C12H18ClN3O2. The Hall–Kier alpha value is -1.20. The number of carbonyl (C=O) groups is 1. The minimum Gasteiger partial charge on any atom is -0.385 e. The lowest BCUT2D eigenvalue weighted by atomic mass is 9.90. The molecule has 1 N–H and O–H groups in total. The molecule has 0 aromatic carbocycles. The van der Waals surface area contributed by atoms with Crippen molar-refractivity contribution in [3.63, 3.8) is 0 Å². The molecule has 100 valence electrons. The van der Waals surface area contributed by atoms with E-state index in [0.717, 1.165) is 6.42 Å². The van der Waals surface area contributed by atoms with Crippen LogP contribution in [0, 0.1) is 5.41 Å². The van der Waals surface area contributed by atoms with Gasteiger partial charge in [0.1, 0.15) is 10.8 Å². The van der Waals surface area contributed by atoms with Crippen molar-refractivity contribution in [2.75, 3.05) is 20.3 Å². The van der Waals surface area contributed by atoms with Crippen LogP contribution in [0.2, 0.25) is 5.15 Å². The van der Waals surface area contributed by atoms with E-state index in [-0.39, 0.29) is 22.2 Å². The van der Waals surface area contributed by atoms with Gasteiger partial charge in [-0.05, 0) is 11.8 Å². The highest BCUT2D eigenvalue weighted by atomic mass is 35.5. The third-order valence-electron chi connectivity index (χ3n) is 2.55. The summed E-state index contributed by atoms with van der Waals surface area (Å²) in [5.74, 6) is -0.268. The fraction of sp³-hybridized carbons (Fsp3) is 0.583. The van der Waals surface area contributed by atoms with Crippen LogP contribution in [0.3, 0.4) is 0 Å². The van der Waals surface area contributed by atoms with Crippen LogP contribution in [0.25, 0.3) is 0 Å². The smallest absolute Gasteiger partial charge is 0.271 e. The van der Waals surface area contributed by atoms with Crippen molar-refractivity contribution in [3.05, 3.63) is 23.2 Å². The molecule has 0 aliphatic heterocycles. The van der Waals surface area contributed by atoms with Crippen LogP contribution in [0.4, 0.5) is 0 Å². The number of nitrogens with zero attached hydrogens (tertiary/aromatic N) is 2. The lowest BCUT2D eigenvalue weighted by Crippen LogP contribution is -2.35. The van der Waals surface area contributed by atoms with Gasteiger partial charge >= 0.3 is 0 Å². The third kappa shape index (κ3) is 4.98. The van der Waals surface area contributed by atoms with E-state index in [0.29, 0.717) is 13.2 Å². The lowest BCUT2D eigenvalue weighted by molar-refractivity contribution is 0.0915. The van der Waals surface area contributed by atoms with E-state index in [1.54, 1.807) is 7.11 Å². The quantitative estimate of drug-likeness (QED) is 0.859. The van der Waals surface area contributed by atoms with Crippen LogP contribution in [0.15, 0.2) is 12.4 Å². The molecule has 1 rings (SSSR count). The molecule has 0 saturated heterocycles. The summed E-state index contributed by atoms with van der Waals surface area (Å²) in [6.45, 7) is 5.34. The first-order valence-electron chi connectivity index (χ1n) is 5.69. The highest BCUT2D eigenvalue weighted by Gasteiger charge is 2.19. The van der Waals surface area contributed by atoms with Crippen molar-refractivity contribution < 1.29 is 9.53 Å². The topological polar surface area (TPSA) is 64.1 Å². The average molecular weight is 272 g/mol. The molecule has 0 fully saturated rings. The van der Waals surface area contributed by atoms with Gasteiger partial charge in [0, 0.05) is 20.3 Å². The first-order valence-corrected chi connectivity index (χ1v) is 6.07. The molecule has 0 unspecified atom stereocenters. The van der Waals surface area contributed by atoms with E-state index in [1.807, 2.05) is 0 Å². The van der Waals surface area contributed by atoms with E-state index < -0.39 is 0 Å². The van der Waals surface area contributed by atoms with Gasteiger partial charge in [0.2, 0.25) is 0 Å². The van der Waals surface area contributed by atoms with Gasteiger partial charge in [0.05, 0.1) is 12.4 Å².